The highest BCUT2D eigenvalue weighted by Gasteiger charge is 2.57. The highest BCUT2D eigenvalue weighted by molar-refractivity contribution is 5.28. The lowest BCUT2D eigenvalue weighted by Crippen LogP contribution is -2.42. The largest absolute Gasteiger partial charge is 0.378 e. The van der Waals surface area contributed by atoms with Crippen LogP contribution in [-0.2, 0) is 4.74 Å². The van der Waals surface area contributed by atoms with E-state index in [1.807, 2.05) is 0 Å². The Morgan fingerprint density at radius 2 is 2.05 bits per heavy atom. The smallest absolute Gasteiger partial charge is 0.0619 e. The van der Waals surface area contributed by atoms with Crippen molar-refractivity contribution in [3.8, 4) is 0 Å². The number of rotatable bonds is 5. The van der Waals surface area contributed by atoms with E-state index in [0.717, 1.165) is 31.0 Å². The van der Waals surface area contributed by atoms with Gasteiger partial charge in [-0.05, 0) is 50.0 Å². The molecule has 1 saturated heterocycles. The summed E-state index contributed by atoms with van der Waals surface area (Å²) in [5.41, 5.74) is 1.91. The predicted octanol–water partition coefficient (Wildman–Crippen LogP) is 3.34. The predicted molar refractivity (Wildman–Crippen MR) is 80.8 cm³/mol. The van der Waals surface area contributed by atoms with Crippen molar-refractivity contribution in [2.24, 2.45) is 11.3 Å². The molecule has 1 N–H and O–H groups in total. The Hall–Kier alpha value is -0.860. The molecule has 2 heteroatoms. The Balaban J connectivity index is 1.51. The summed E-state index contributed by atoms with van der Waals surface area (Å²) in [7, 11) is 0. The molecule has 2 saturated carbocycles. The first-order chi connectivity index (χ1) is 9.79. The van der Waals surface area contributed by atoms with Crippen LogP contribution in [0.4, 0.5) is 0 Å². The maximum absolute atomic E-state index is 5.97. The third kappa shape index (κ3) is 2.19. The Morgan fingerprint density at radius 3 is 2.70 bits per heavy atom. The molecule has 0 bridgehead atoms. The van der Waals surface area contributed by atoms with E-state index in [-0.39, 0.29) is 0 Å². The van der Waals surface area contributed by atoms with Gasteiger partial charge in [0.05, 0.1) is 6.10 Å². The van der Waals surface area contributed by atoms with Crippen LogP contribution in [0, 0.1) is 11.3 Å². The van der Waals surface area contributed by atoms with E-state index in [2.05, 4.69) is 42.6 Å². The summed E-state index contributed by atoms with van der Waals surface area (Å²) < 4.78 is 5.97. The van der Waals surface area contributed by atoms with Crippen molar-refractivity contribution in [2.75, 3.05) is 13.2 Å². The van der Waals surface area contributed by atoms with Gasteiger partial charge in [0.15, 0.2) is 0 Å². The molecule has 3 fully saturated rings. The van der Waals surface area contributed by atoms with Crippen LogP contribution in [-0.4, -0.2) is 25.3 Å². The second-order valence-electron chi connectivity index (χ2n) is 7.01. The minimum Gasteiger partial charge on any atom is -0.378 e. The van der Waals surface area contributed by atoms with E-state index in [9.17, 15) is 0 Å². The highest BCUT2D eigenvalue weighted by Crippen LogP contribution is 2.61. The lowest BCUT2D eigenvalue weighted by atomic mass is 9.75. The molecule has 0 radical (unpaired) electrons. The van der Waals surface area contributed by atoms with Crippen LogP contribution in [0.5, 0.6) is 0 Å². The van der Waals surface area contributed by atoms with E-state index in [4.69, 9.17) is 4.74 Å². The lowest BCUT2D eigenvalue weighted by molar-refractivity contribution is 0.0498. The summed E-state index contributed by atoms with van der Waals surface area (Å²) in [5.74, 6) is 1.58. The monoisotopic (exact) mass is 271 g/mol. The van der Waals surface area contributed by atoms with Gasteiger partial charge >= 0.3 is 0 Å². The molecule has 4 rings (SSSR count). The fourth-order valence-electron chi connectivity index (χ4n) is 4.17. The summed E-state index contributed by atoms with van der Waals surface area (Å²) in [5, 5.41) is 3.78. The van der Waals surface area contributed by atoms with Gasteiger partial charge in [0.1, 0.15) is 0 Å². The SMILES string of the molecule is CC1OCCC1(CNC1CC1)C1CC1c1ccccc1. The van der Waals surface area contributed by atoms with Gasteiger partial charge in [0.25, 0.3) is 0 Å². The summed E-state index contributed by atoms with van der Waals surface area (Å²) in [6.07, 6.45) is 5.75. The van der Waals surface area contributed by atoms with Gasteiger partial charge in [-0.1, -0.05) is 30.3 Å². The maximum atomic E-state index is 5.97. The molecular weight excluding hydrogens is 246 g/mol. The van der Waals surface area contributed by atoms with Gasteiger partial charge in [-0.3, -0.25) is 0 Å². The highest BCUT2D eigenvalue weighted by atomic mass is 16.5. The number of ether oxygens (including phenoxy) is 1. The zero-order valence-corrected chi connectivity index (χ0v) is 12.3. The molecule has 1 aromatic carbocycles. The average molecular weight is 271 g/mol. The molecule has 0 spiro atoms. The molecule has 1 aliphatic heterocycles. The standard InChI is InChI=1S/C18H25NO/c1-13-18(9-10-20-13,12-19-15-7-8-15)17-11-16(17)14-5-3-2-4-6-14/h2-6,13,15-17,19H,7-12H2,1H3. The second kappa shape index (κ2) is 4.85. The summed E-state index contributed by atoms with van der Waals surface area (Å²) >= 11 is 0. The van der Waals surface area contributed by atoms with Crippen LogP contribution in [0.3, 0.4) is 0 Å². The first kappa shape index (κ1) is 12.8. The van der Waals surface area contributed by atoms with Gasteiger partial charge in [0, 0.05) is 24.6 Å². The summed E-state index contributed by atoms with van der Waals surface area (Å²) in [6.45, 7) is 4.40. The molecule has 108 valence electrons. The van der Waals surface area contributed by atoms with Crippen LogP contribution >= 0.6 is 0 Å². The van der Waals surface area contributed by atoms with Crippen LogP contribution < -0.4 is 5.32 Å². The Kier molecular flexibility index (Phi) is 3.12. The van der Waals surface area contributed by atoms with E-state index in [1.54, 1.807) is 0 Å². The van der Waals surface area contributed by atoms with Crippen molar-refractivity contribution < 1.29 is 4.74 Å². The average Bonchev–Trinajstić information content (AvgIpc) is 3.38. The molecule has 4 atom stereocenters. The van der Waals surface area contributed by atoms with Crippen LogP contribution in [0.25, 0.3) is 0 Å². The van der Waals surface area contributed by atoms with E-state index >= 15 is 0 Å². The van der Waals surface area contributed by atoms with Crippen molar-refractivity contribution >= 4 is 0 Å². The maximum Gasteiger partial charge on any atom is 0.0619 e. The molecule has 0 amide bonds. The quantitative estimate of drug-likeness (QED) is 0.887. The van der Waals surface area contributed by atoms with Gasteiger partial charge in [0.2, 0.25) is 0 Å². The number of hydrogen-bond donors (Lipinski definition) is 1. The van der Waals surface area contributed by atoms with Crippen molar-refractivity contribution in [2.45, 2.75) is 50.7 Å². The lowest BCUT2D eigenvalue weighted by Gasteiger charge is -2.33. The van der Waals surface area contributed by atoms with Crippen molar-refractivity contribution in [1.82, 2.24) is 5.32 Å². The van der Waals surface area contributed by atoms with Crippen molar-refractivity contribution in [3.05, 3.63) is 35.9 Å². The molecule has 3 aliphatic rings. The van der Waals surface area contributed by atoms with Crippen molar-refractivity contribution in [3.63, 3.8) is 0 Å². The Bertz CT molecular complexity index is 470. The number of benzene rings is 1. The van der Waals surface area contributed by atoms with E-state index in [1.165, 1.54) is 31.2 Å². The fraction of sp³-hybridized carbons (Fsp3) is 0.667. The van der Waals surface area contributed by atoms with Gasteiger partial charge < -0.3 is 10.1 Å². The second-order valence-corrected chi connectivity index (χ2v) is 7.01. The van der Waals surface area contributed by atoms with Crippen LogP contribution in [0.15, 0.2) is 30.3 Å². The number of hydrogen-bond acceptors (Lipinski definition) is 2. The molecule has 4 unspecified atom stereocenters. The zero-order chi connectivity index (χ0) is 13.6. The topological polar surface area (TPSA) is 21.3 Å². The molecule has 0 aromatic heterocycles. The first-order valence-corrected chi connectivity index (χ1v) is 8.19. The normalized spacial score (nSPS) is 40.0. The molecule has 20 heavy (non-hydrogen) atoms. The molecule has 2 nitrogen and oxygen atoms in total. The molecule has 1 aromatic rings. The minimum absolute atomic E-state index is 0.378. The van der Waals surface area contributed by atoms with Crippen molar-refractivity contribution in [1.29, 1.82) is 0 Å². The van der Waals surface area contributed by atoms with Gasteiger partial charge in [-0.15, -0.1) is 0 Å². The van der Waals surface area contributed by atoms with Crippen LogP contribution in [0.1, 0.15) is 44.1 Å². The van der Waals surface area contributed by atoms with Gasteiger partial charge in [-0.2, -0.15) is 0 Å². The number of nitrogens with one attached hydrogen (secondary N) is 1. The zero-order valence-electron chi connectivity index (χ0n) is 12.3. The summed E-state index contributed by atoms with van der Waals surface area (Å²) in [6, 6.07) is 11.9. The Labute approximate surface area is 121 Å². The Morgan fingerprint density at radius 1 is 1.25 bits per heavy atom. The molecule has 1 heterocycles. The third-order valence-corrected chi connectivity index (χ3v) is 5.80. The van der Waals surface area contributed by atoms with E-state index < -0.39 is 0 Å². The van der Waals surface area contributed by atoms with E-state index in [0.29, 0.717) is 11.5 Å². The van der Waals surface area contributed by atoms with Crippen LogP contribution in [0.2, 0.25) is 0 Å². The fourth-order valence-corrected chi connectivity index (χ4v) is 4.17. The molecule has 2 aliphatic carbocycles. The summed E-state index contributed by atoms with van der Waals surface area (Å²) in [4.78, 5) is 0. The van der Waals surface area contributed by atoms with Gasteiger partial charge in [-0.25, -0.2) is 0 Å². The third-order valence-electron chi connectivity index (χ3n) is 5.80. The minimum atomic E-state index is 0.378. The first-order valence-electron chi connectivity index (χ1n) is 8.19. The molecular formula is C18H25NO.